The lowest BCUT2D eigenvalue weighted by Crippen LogP contribution is -2.61. The molecule has 1 aromatic heterocycles. The zero-order chi connectivity index (χ0) is 21.2. The van der Waals surface area contributed by atoms with Gasteiger partial charge in [-0.1, -0.05) is 23.7 Å². The smallest absolute Gasteiger partial charge is 0.131 e. The van der Waals surface area contributed by atoms with Gasteiger partial charge in [-0.3, -0.25) is 4.21 Å². The second-order valence-corrected chi connectivity index (χ2v) is 11.6. The highest BCUT2D eigenvalue weighted by Gasteiger charge is 2.47. The van der Waals surface area contributed by atoms with E-state index in [4.69, 9.17) is 16.6 Å². The van der Waals surface area contributed by atoms with Crippen LogP contribution in [0.3, 0.4) is 0 Å². The average molecular weight is 458 g/mol. The molecule has 1 aromatic carbocycles. The number of anilines is 2. The fourth-order valence-corrected chi connectivity index (χ4v) is 7.45. The predicted molar refractivity (Wildman–Crippen MR) is 125 cm³/mol. The maximum Gasteiger partial charge on any atom is 0.131 e. The molecule has 7 heteroatoms. The Morgan fingerprint density at radius 2 is 1.94 bits per heavy atom. The minimum absolute atomic E-state index is 0.115. The van der Waals surface area contributed by atoms with Crippen molar-refractivity contribution < 1.29 is 9.32 Å². The molecule has 2 saturated heterocycles. The van der Waals surface area contributed by atoms with Crippen molar-refractivity contribution in [3.8, 4) is 0 Å². The lowest BCUT2D eigenvalue weighted by atomic mass is 9.71. The zero-order valence-electron chi connectivity index (χ0n) is 17.5. The van der Waals surface area contributed by atoms with Crippen molar-refractivity contribution in [2.45, 2.75) is 73.4 Å². The molecule has 0 spiro atoms. The van der Waals surface area contributed by atoms with Crippen LogP contribution in [0.5, 0.6) is 0 Å². The van der Waals surface area contributed by atoms with Crippen LogP contribution in [0, 0.1) is 0 Å². The van der Waals surface area contributed by atoms with Gasteiger partial charge in [0.15, 0.2) is 0 Å². The van der Waals surface area contributed by atoms with Gasteiger partial charge >= 0.3 is 0 Å². The van der Waals surface area contributed by atoms with Gasteiger partial charge in [0.2, 0.25) is 0 Å². The van der Waals surface area contributed by atoms with Crippen LogP contribution < -0.4 is 10.2 Å². The van der Waals surface area contributed by atoms with Gasteiger partial charge in [0.1, 0.15) is 5.82 Å². The van der Waals surface area contributed by atoms with E-state index >= 15 is 0 Å². The summed E-state index contributed by atoms with van der Waals surface area (Å²) < 4.78 is 12.7. The Balaban J connectivity index is 1.28. The largest absolute Gasteiger partial charge is 0.394 e. The van der Waals surface area contributed by atoms with Crippen molar-refractivity contribution in [1.82, 2.24) is 4.98 Å². The van der Waals surface area contributed by atoms with E-state index in [1.165, 1.54) is 12.0 Å². The van der Waals surface area contributed by atoms with Crippen LogP contribution in [-0.4, -0.2) is 44.3 Å². The molecule has 0 amide bonds. The number of benzene rings is 1. The molecule has 2 aliphatic carbocycles. The summed E-state index contributed by atoms with van der Waals surface area (Å²) in [6, 6.07) is 11.4. The molecule has 164 valence electrons. The van der Waals surface area contributed by atoms with Gasteiger partial charge in [0.05, 0.1) is 39.2 Å². The van der Waals surface area contributed by atoms with E-state index in [1.54, 1.807) is 0 Å². The van der Waals surface area contributed by atoms with Gasteiger partial charge in [-0.25, -0.2) is 4.98 Å². The number of rotatable bonds is 5. The number of aromatic nitrogens is 1. The Labute approximate surface area is 190 Å². The summed E-state index contributed by atoms with van der Waals surface area (Å²) >= 11 is 6.07. The van der Waals surface area contributed by atoms with Gasteiger partial charge in [-0.2, -0.15) is 0 Å². The quantitative estimate of drug-likeness (QED) is 0.702. The number of aliphatic hydroxyl groups is 1. The van der Waals surface area contributed by atoms with Crippen LogP contribution in [0.1, 0.15) is 55.7 Å². The molecule has 4 fully saturated rings. The van der Waals surface area contributed by atoms with Gasteiger partial charge in [-0.15, -0.1) is 0 Å². The topological polar surface area (TPSA) is 65.5 Å². The van der Waals surface area contributed by atoms with Gasteiger partial charge in [-0.05, 0) is 62.1 Å². The molecule has 3 aliphatic heterocycles. The van der Waals surface area contributed by atoms with E-state index in [1.807, 2.05) is 12.1 Å². The minimum Gasteiger partial charge on any atom is -0.394 e. The van der Waals surface area contributed by atoms with Crippen LogP contribution in [-0.2, 0) is 17.2 Å². The second kappa shape index (κ2) is 7.46. The number of hydrogen-bond donors (Lipinski definition) is 2. The predicted octanol–water partition coefficient (Wildman–Crippen LogP) is 4.25. The highest BCUT2D eigenvalue weighted by atomic mass is 35.5. The molecule has 4 heterocycles. The molecule has 3 atom stereocenters. The average Bonchev–Trinajstić information content (AvgIpc) is 3.12. The summed E-state index contributed by atoms with van der Waals surface area (Å²) in [4.78, 5) is 8.35. The standard InChI is InChI=1S/C24H28ClN3O2S/c25-17-4-2-15(3-5-17)16-10-18-12-19(11-16)28(18)22-13-21(27-24(14-29)7-1-8-24)23-20(26-22)6-9-31(23)30/h2-5,13,16,18-19,29H,1,6-12,14H2,(H,26,27)/t16?,18?,19?,31-/m0/s1. The number of nitrogens with zero attached hydrogens (tertiary/aromatic N) is 2. The van der Waals surface area contributed by atoms with E-state index < -0.39 is 10.8 Å². The molecule has 2 bridgehead atoms. The highest BCUT2D eigenvalue weighted by molar-refractivity contribution is 7.85. The number of piperidine rings is 1. The van der Waals surface area contributed by atoms with E-state index in [2.05, 4.69) is 28.4 Å². The lowest BCUT2D eigenvalue weighted by Gasteiger charge is -2.56. The molecular formula is C24H28ClN3O2S. The summed E-state index contributed by atoms with van der Waals surface area (Å²) in [7, 11) is -1.00. The first kappa shape index (κ1) is 20.0. The maximum atomic E-state index is 12.7. The second-order valence-electron chi connectivity index (χ2n) is 9.69. The Hall–Kier alpha value is -1.63. The number of halogens is 1. The van der Waals surface area contributed by atoms with Crippen molar-refractivity contribution in [3.63, 3.8) is 0 Å². The van der Waals surface area contributed by atoms with Crippen LogP contribution in [0.4, 0.5) is 11.5 Å². The molecular weight excluding hydrogens is 430 g/mol. The summed E-state index contributed by atoms with van der Waals surface area (Å²) in [6.07, 6.45) is 7.30. The SMILES string of the molecule is O=[S@]1CCc2nc(N3C4CC(c5ccc(Cl)cc5)CC3C4)cc(NC3(CO)CCC3)c21. The first-order valence-electron chi connectivity index (χ1n) is 11.4. The van der Waals surface area contributed by atoms with Crippen LogP contribution in [0.2, 0.25) is 5.02 Å². The lowest BCUT2D eigenvalue weighted by molar-refractivity contribution is 0.144. The molecule has 31 heavy (non-hydrogen) atoms. The number of aliphatic hydroxyl groups excluding tert-OH is 1. The van der Waals surface area contributed by atoms with E-state index in [-0.39, 0.29) is 12.1 Å². The fraction of sp³-hybridized carbons (Fsp3) is 0.542. The Bertz CT molecular complexity index is 1020. The van der Waals surface area contributed by atoms with Crippen molar-refractivity contribution >= 4 is 33.9 Å². The third-order valence-corrected chi connectivity index (χ3v) is 9.58. The first-order valence-corrected chi connectivity index (χ1v) is 13.1. The van der Waals surface area contributed by atoms with Gasteiger partial charge in [0, 0.05) is 35.3 Å². The van der Waals surface area contributed by atoms with Gasteiger partial charge in [0.25, 0.3) is 0 Å². The molecule has 2 saturated carbocycles. The monoisotopic (exact) mass is 457 g/mol. The molecule has 2 aromatic rings. The molecule has 7 rings (SSSR count). The maximum absolute atomic E-state index is 12.7. The molecule has 5 nitrogen and oxygen atoms in total. The van der Waals surface area contributed by atoms with Crippen LogP contribution >= 0.6 is 11.6 Å². The highest BCUT2D eigenvalue weighted by Crippen LogP contribution is 2.49. The number of pyridine rings is 1. The Morgan fingerprint density at radius 3 is 2.58 bits per heavy atom. The summed E-state index contributed by atoms with van der Waals surface area (Å²) in [6.45, 7) is 0.115. The van der Waals surface area contributed by atoms with Crippen LogP contribution in [0.25, 0.3) is 0 Å². The zero-order valence-corrected chi connectivity index (χ0v) is 19.1. The minimum atomic E-state index is -1.00. The summed E-state index contributed by atoms with van der Waals surface area (Å²) in [5.41, 5.74) is 3.03. The fourth-order valence-electron chi connectivity index (χ4n) is 5.98. The van der Waals surface area contributed by atoms with Gasteiger partial charge < -0.3 is 15.3 Å². The number of aryl methyl sites for hydroxylation is 1. The van der Waals surface area contributed by atoms with Crippen molar-refractivity contribution in [2.24, 2.45) is 0 Å². The normalized spacial score (nSPS) is 30.3. The third-order valence-electron chi connectivity index (χ3n) is 7.84. The molecule has 2 unspecified atom stereocenters. The van der Waals surface area contributed by atoms with Crippen molar-refractivity contribution in [2.75, 3.05) is 22.6 Å². The molecule has 2 N–H and O–H groups in total. The number of hydrogen-bond acceptors (Lipinski definition) is 5. The first-order chi connectivity index (χ1) is 15.0. The van der Waals surface area contributed by atoms with E-state index in [0.29, 0.717) is 23.8 Å². The Morgan fingerprint density at radius 1 is 1.19 bits per heavy atom. The van der Waals surface area contributed by atoms with E-state index in [9.17, 15) is 9.32 Å². The number of nitrogens with one attached hydrogen (secondary N) is 1. The van der Waals surface area contributed by atoms with Crippen molar-refractivity contribution in [1.29, 1.82) is 0 Å². The summed E-state index contributed by atoms with van der Waals surface area (Å²) in [5, 5.41) is 14.4. The van der Waals surface area contributed by atoms with E-state index in [0.717, 1.165) is 65.6 Å². The molecule has 5 aliphatic rings. The summed E-state index contributed by atoms with van der Waals surface area (Å²) in [5.74, 6) is 2.24. The molecule has 0 radical (unpaired) electrons. The van der Waals surface area contributed by atoms with Crippen molar-refractivity contribution in [3.05, 3.63) is 46.6 Å². The Kier molecular flexibility index (Phi) is 4.82. The number of fused-ring (bicyclic) bond motifs is 3. The third kappa shape index (κ3) is 3.30. The van der Waals surface area contributed by atoms with Crippen LogP contribution in [0.15, 0.2) is 35.2 Å².